The van der Waals surface area contributed by atoms with Crippen molar-refractivity contribution in [3.8, 4) is 28.7 Å². The van der Waals surface area contributed by atoms with E-state index in [-0.39, 0.29) is 12.4 Å². The van der Waals surface area contributed by atoms with E-state index in [0.717, 1.165) is 35.7 Å². The smallest absolute Gasteiger partial charge is 0.434 e. The van der Waals surface area contributed by atoms with Crippen molar-refractivity contribution in [1.82, 2.24) is 39.3 Å². The largest absolute Gasteiger partial charge is 0.480 e. The lowest BCUT2D eigenvalue weighted by Crippen LogP contribution is -2.10. The van der Waals surface area contributed by atoms with E-state index in [9.17, 15) is 18.3 Å². The maximum Gasteiger partial charge on any atom is 0.434 e. The predicted molar refractivity (Wildman–Crippen MR) is 138 cm³/mol. The van der Waals surface area contributed by atoms with E-state index in [1.54, 1.807) is 55.4 Å². The summed E-state index contributed by atoms with van der Waals surface area (Å²) in [6.45, 7) is 1.68. The summed E-state index contributed by atoms with van der Waals surface area (Å²) in [6.07, 6.45) is 3.29. The van der Waals surface area contributed by atoms with Gasteiger partial charge in [-0.1, -0.05) is 24.3 Å². The van der Waals surface area contributed by atoms with Crippen molar-refractivity contribution >= 4 is 11.0 Å². The second kappa shape index (κ2) is 9.97. The van der Waals surface area contributed by atoms with Crippen molar-refractivity contribution in [2.24, 2.45) is 0 Å². The number of alkyl halides is 3. The van der Waals surface area contributed by atoms with Crippen LogP contribution in [0.4, 0.5) is 13.2 Å². The standard InChI is InChI=1S/C27H25F3N8O2/c1-15(13-39)37-12-20(27(28,29)30)35-24(37)18-5-3-16(4-6-18)11-38-25-19(10-34-38)9-31-23(36-25)21-22(17-7-8-17)32-14-33-26(21)40-2/h3-6,9-10,12,14-15,17,39H,7-8,11,13H2,1-2H3. The Morgan fingerprint density at radius 2 is 1.85 bits per heavy atom. The van der Waals surface area contributed by atoms with Gasteiger partial charge in [-0.15, -0.1) is 0 Å². The molecule has 0 aliphatic heterocycles. The molecule has 1 unspecified atom stereocenters. The SMILES string of the molecule is COc1ncnc(C2CC2)c1-c1ncc2cnn(Cc3ccc(-c4nc(C(F)(F)F)cn4C(C)CO)cc3)c2n1. The summed E-state index contributed by atoms with van der Waals surface area (Å²) in [5, 5.41) is 14.8. The lowest BCUT2D eigenvalue weighted by molar-refractivity contribution is -0.140. The normalized spacial score (nSPS) is 14.6. The number of imidazole rings is 1. The van der Waals surface area contributed by atoms with Gasteiger partial charge in [0, 0.05) is 23.9 Å². The summed E-state index contributed by atoms with van der Waals surface area (Å²) in [4.78, 5) is 21.9. The zero-order chi connectivity index (χ0) is 28.0. The number of methoxy groups -OCH3 is 1. The van der Waals surface area contributed by atoms with Gasteiger partial charge in [0.1, 0.15) is 17.7 Å². The minimum absolute atomic E-state index is 0.132. The summed E-state index contributed by atoms with van der Waals surface area (Å²) in [7, 11) is 1.55. The van der Waals surface area contributed by atoms with Crippen LogP contribution in [0.25, 0.3) is 33.8 Å². The highest BCUT2D eigenvalue weighted by molar-refractivity contribution is 5.77. The van der Waals surface area contributed by atoms with Crippen LogP contribution in [0, 0.1) is 0 Å². The molecule has 1 saturated carbocycles. The topological polar surface area (TPSA) is 117 Å². The summed E-state index contributed by atoms with van der Waals surface area (Å²) < 4.78 is 48.6. The molecule has 6 rings (SSSR count). The number of ether oxygens (including phenoxy) is 1. The summed E-state index contributed by atoms with van der Waals surface area (Å²) in [6, 6.07) is 6.45. The third kappa shape index (κ3) is 4.76. The molecular formula is C27H25F3N8O2. The van der Waals surface area contributed by atoms with Gasteiger partial charge in [0.2, 0.25) is 5.88 Å². The maximum atomic E-state index is 13.3. The molecular weight excluding hydrogens is 525 g/mol. The zero-order valence-corrected chi connectivity index (χ0v) is 21.7. The Kier molecular flexibility index (Phi) is 6.45. The van der Waals surface area contributed by atoms with E-state index in [0.29, 0.717) is 40.9 Å². The second-order valence-corrected chi connectivity index (χ2v) is 9.78. The number of aliphatic hydroxyl groups is 1. The van der Waals surface area contributed by atoms with Gasteiger partial charge in [-0.2, -0.15) is 18.3 Å². The van der Waals surface area contributed by atoms with Crippen molar-refractivity contribution < 1.29 is 23.0 Å². The fourth-order valence-corrected chi connectivity index (χ4v) is 4.62. The van der Waals surface area contributed by atoms with Gasteiger partial charge < -0.3 is 14.4 Å². The van der Waals surface area contributed by atoms with Crippen LogP contribution in [0.2, 0.25) is 0 Å². The third-order valence-corrected chi connectivity index (χ3v) is 6.91. The first-order valence-electron chi connectivity index (χ1n) is 12.7. The fraction of sp³-hybridized carbons (Fsp3) is 0.333. The highest BCUT2D eigenvalue weighted by Gasteiger charge is 2.35. The lowest BCUT2D eigenvalue weighted by Gasteiger charge is -2.14. The van der Waals surface area contributed by atoms with Crippen LogP contribution in [-0.2, 0) is 12.7 Å². The maximum absolute atomic E-state index is 13.3. The van der Waals surface area contributed by atoms with Crippen LogP contribution in [0.3, 0.4) is 0 Å². The van der Waals surface area contributed by atoms with E-state index >= 15 is 0 Å². The third-order valence-electron chi connectivity index (χ3n) is 6.91. The Morgan fingerprint density at radius 1 is 1.07 bits per heavy atom. The number of aliphatic hydroxyl groups excluding tert-OH is 1. The molecule has 4 heterocycles. The quantitative estimate of drug-likeness (QED) is 0.297. The van der Waals surface area contributed by atoms with Crippen molar-refractivity contribution in [3.63, 3.8) is 0 Å². The first kappa shape index (κ1) is 25.9. The Bertz CT molecular complexity index is 1680. The highest BCUT2D eigenvalue weighted by Crippen LogP contribution is 2.45. The van der Waals surface area contributed by atoms with Gasteiger partial charge in [0.15, 0.2) is 17.2 Å². The molecule has 0 amide bonds. The van der Waals surface area contributed by atoms with Crippen molar-refractivity contribution in [2.75, 3.05) is 13.7 Å². The molecule has 206 valence electrons. The van der Waals surface area contributed by atoms with Crippen LogP contribution >= 0.6 is 0 Å². The summed E-state index contributed by atoms with van der Waals surface area (Å²) in [5.41, 5.74) is 2.52. The monoisotopic (exact) mass is 550 g/mol. The first-order valence-corrected chi connectivity index (χ1v) is 12.7. The highest BCUT2D eigenvalue weighted by atomic mass is 19.4. The Morgan fingerprint density at radius 3 is 2.52 bits per heavy atom. The lowest BCUT2D eigenvalue weighted by atomic mass is 10.1. The Balaban J connectivity index is 1.32. The molecule has 1 aromatic carbocycles. The number of benzene rings is 1. The minimum Gasteiger partial charge on any atom is -0.480 e. The van der Waals surface area contributed by atoms with Crippen molar-refractivity contribution in [2.45, 2.75) is 44.4 Å². The van der Waals surface area contributed by atoms with E-state index in [4.69, 9.17) is 9.72 Å². The molecule has 1 fully saturated rings. The molecule has 40 heavy (non-hydrogen) atoms. The van der Waals surface area contributed by atoms with Gasteiger partial charge in [0.05, 0.1) is 43.6 Å². The van der Waals surface area contributed by atoms with Crippen molar-refractivity contribution in [3.05, 3.63) is 66.1 Å². The van der Waals surface area contributed by atoms with Crippen LogP contribution in [0.5, 0.6) is 5.88 Å². The zero-order valence-electron chi connectivity index (χ0n) is 21.7. The van der Waals surface area contributed by atoms with E-state index in [2.05, 4.69) is 25.0 Å². The molecule has 10 nitrogen and oxygen atoms in total. The Labute approximate surface area is 226 Å². The average molecular weight is 551 g/mol. The average Bonchev–Trinajstić information content (AvgIpc) is 3.58. The van der Waals surface area contributed by atoms with Gasteiger partial charge in [-0.3, -0.25) is 0 Å². The molecule has 1 aliphatic carbocycles. The van der Waals surface area contributed by atoms with E-state index in [1.165, 1.54) is 10.9 Å². The summed E-state index contributed by atoms with van der Waals surface area (Å²) >= 11 is 0. The van der Waals surface area contributed by atoms with E-state index in [1.807, 2.05) is 0 Å². The first-order chi connectivity index (χ1) is 19.3. The molecule has 1 atom stereocenters. The number of aromatic nitrogens is 8. The van der Waals surface area contributed by atoms with Gasteiger partial charge in [0.25, 0.3) is 0 Å². The second-order valence-electron chi connectivity index (χ2n) is 9.78. The molecule has 5 aromatic rings. The van der Waals surface area contributed by atoms with Crippen molar-refractivity contribution in [1.29, 1.82) is 0 Å². The van der Waals surface area contributed by atoms with Crippen LogP contribution in [0.15, 0.2) is 49.2 Å². The number of hydrogen-bond acceptors (Lipinski definition) is 8. The van der Waals surface area contributed by atoms with Gasteiger partial charge in [-0.05, 0) is 25.3 Å². The summed E-state index contributed by atoms with van der Waals surface area (Å²) in [5.74, 6) is 1.33. The molecule has 0 saturated heterocycles. The van der Waals surface area contributed by atoms with E-state index < -0.39 is 17.9 Å². The van der Waals surface area contributed by atoms with Crippen LogP contribution < -0.4 is 4.74 Å². The number of hydrogen-bond donors (Lipinski definition) is 1. The number of fused-ring (bicyclic) bond motifs is 1. The molecule has 1 N–H and O–H groups in total. The number of rotatable bonds is 8. The number of nitrogens with zero attached hydrogens (tertiary/aromatic N) is 8. The molecule has 0 bridgehead atoms. The number of halogens is 3. The fourth-order valence-electron chi connectivity index (χ4n) is 4.62. The molecule has 1 aliphatic rings. The molecule has 13 heteroatoms. The van der Waals surface area contributed by atoms with Gasteiger partial charge >= 0.3 is 6.18 Å². The Hall–Kier alpha value is -4.39. The molecule has 4 aromatic heterocycles. The molecule has 0 radical (unpaired) electrons. The van der Waals surface area contributed by atoms with Crippen LogP contribution in [-0.4, -0.2) is 58.1 Å². The van der Waals surface area contributed by atoms with Crippen LogP contribution in [0.1, 0.15) is 48.7 Å². The van der Waals surface area contributed by atoms with Gasteiger partial charge in [-0.25, -0.2) is 29.6 Å². The predicted octanol–water partition coefficient (Wildman–Crippen LogP) is 4.65. The molecule has 0 spiro atoms. The minimum atomic E-state index is -4.59.